The van der Waals surface area contributed by atoms with Crippen molar-refractivity contribution in [2.75, 3.05) is 30.0 Å². The first-order valence-electron chi connectivity index (χ1n) is 10.5. The van der Waals surface area contributed by atoms with Gasteiger partial charge in [0.05, 0.1) is 16.7 Å². The number of likely N-dealkylation sites (tertiary alicyclic amines) is 1. The number of hydrogen-bond acceptors (Lipinski definition) is 5. The van der Waals surface area contributed by atoms with Crippen LogP contribution in [0, 0.1) is 19.8 Å². The van der Waals surface area contributed by atoms with Crippen molar-refractivity contribution in [3.63, 3.8) is 0 Å². The van der Waals surface area contributed by atoms with Crippen molar-refractivity contribution in [1.29, 1.82) is 0 Å². The number of nitrogens with one attached hydrogen (secondary N) is 1. The molecule has 2 aliphatic heterocycles. The smallest absolute Gasteiger partial charge is 0.263 e. The fourth-order valence-electron chi connectivity index (χ4n) is 4.08. The van der Waals surface area contributed by atoms with E-state index in [9.17, 15) is 14.4 Å². The minimum atomic E-state index is -0.484. The lowest BCUT2D eigenvalue weighted by atomic mass is 9.96. The van der Waals surface area contributed by atoms with Crippen LogP contribution in [0.1, 0.15) is 33.6 Å². The van der Waals surface area contributed by atoms with Crippen LogP contribution in [-0.2, 0) is 9.59 Å². The summed E-state index contributed by atoms with van der Waals surface area (Å²) >= 11 is 3.02. The fourth-order valence-corrected chi connectivity index (χ4v) is 5.93. The van der Waals surface area contributed by atoms with Gasteiger partial charge < -0.3 is 15.1 Å². The number of nitrogens with zero attached hydrogens (tertiary/aromatic N) is 2. The Morgan fingerprint density at radius 2 is 1.97 bits per heavy atom. The predicted octanol–water partition coefficient (Wildman–Crippen LogP) is 3.76. The van der Waals surface area contributed by atoms with Gasteiger partial charge in [-0.1, -0.05) is 12.1 Å². The molecule has 6 nitrogen and oxygen atoms in total. The number of anilines is 1. The molecule has 2 saturated heterocycles. The number of rotatable bonds is 4. The van der Waals surface area contributed by atoms with Crippen LogP contribution in [0.15, 0.2) is 35.7 Å². The largest absolute Gasteiger partial charge is 0.337 e. The second-order valence-electron chi connectivity index (χ2n) is 8.18. The molecule has 3 amide bonds. The summed E-state index contributed by atoms with van der Waals surface area (Å²) in [5, 5.41) is 4.86. The first-order chi connectivity index (χ1) is 14.9. The molecule has 164 valence electrons. The third-order valence-corrected chi connectivity index (χ3v) is 7.90. The van der Waals surface area contributed by atoms with Gasteiger partial charge in [-0.2, -0.15) is 0 Å². The summed E-state index contributed by atoms with van der Waals surface area (Å²) in [6, 6.07) is 9.04. The summed E-state index contributed by atoms with van der Waals surface area (Å²) in [5.41, 5.74) is 3.04. The molecule has 1 aromatic carbocycles. The molecular formula is C23H27N3O3S2. The molecule has 2 fully saturated rings. The highest BCUT2D eigenvalue weighted by atomic mass is 32.2. The number of hydrogen-bond donors (Lipinski definition) is 1. The number of thiophene rings is 1. The first kappa shape index (κ1) is 21.9. The van der Waals surface area contributed by atoms with Crippen molar-refractivity contribution in [1.82, 2.24) is 9.80 Å². The molecule has 1 N–H and O–H groups in total. The number of benzene rings is 1. The van der Waals surface area contributed by atoms with Crippen molar-refractivity contribution < 1.29 is 14.4 Å². The summed E-state index contributed by atoms with van der Waals surface area (Å²) in [5.74, 6) is 0.671. The van der Waals surface area contributed by atoms with E-state index in [0.717, 1.165) is 24.1 Å². The second-order valence-corrected chi connectivity index (χ2v) is 10.1. The van der Waals surface area contributed by atoms with Crippen LogP contribution in [-0.4, -0.2) is 58.3 Å². The maximum atomic E-state index is 13.3. The topological polar surface area (TPSA) is 69.7 Å². The van der Waals surface area contributed by atoms with E-state index in [1.54, 1.807) is 21.6 Å². The number of amides is 3. The molecule has 3 heterocycles. The Kier molecular flexibility index (Phi) is 6.67. The summed E-state index contributed by atoms with van der Waals surface area (Å²) in [7, 11) is 0. The van der Waals surface area contributed by atoms with Gasteiger partial charge in [0.2, 0.25) is 11.8 Å². The Balaban J connectivity index is 1.41. The lowest BCUT2D eigenvalue weighted by molar-refractivity contribution is -0.140. The summed E-state index contributed by atoms with van der Waals surface area (Å²) < 4.78 is 0. The van der Waals surface area contributed by atoms with Gasteiger partial charge in [-0.05, 0) is 61.4 Å². The van der Waals surface area contributed by atoms with E-state index in [1.807, 2.05) is 49.6 Å². The van der Waals surface area contributed by atoms with Gasteiger partial charge in [-0.15, -0.1) is 23.1 Å². The van der Waals surface area contributed by atoms with Gasteiger partial charge in [0.15, 0.2) is 0 Å². The average Bonchev–Trinajstić information content (AvgIpc) is 3.48. The van der Waals surface area contributed by atoms with Crippen LogP contribution < -0.4 is 5.32 Å². The van der Waals surface area contributed by atoms with Gasteiger partial charge in [-0.25, -0.2) is 0 Å². The number of aryl methyl sites for hydroxylation is 2. The van der Waals surface area contributed by atoms with Gasteiger partial charge in [0.1, 0.15) is 6.04 Å². The predicted molar refractivity (Wildman–Crippen MR) is 125 cm³/mol. The van der Waals surface area contributed by atoms with E-state index in [1.165, 1.54) is 16.9 Å². The fraction of sp³-hybridized carbons (Fsp3) is 0.435. The standard InChI is InChI=1S/C23H27N3O3S2/c1-15-7-8-18(11-16(15)2)24-21(27)19-13-30-14-26(19)22(28)17-5-3-9-25(12-17)23(29)20-6-4-10-31-20/h4,6-8,10-11,17,19H,3,5,9,12-14H2,1-2H3,(H,24,27). The highest BCUT2D eigenvalue weighted by molar-refractivity contribution is 7.99. The van der Waals surface area contributed by atoms with Crippen molar-refractivity contribution in [2.24, 2.45) is 5.92 Å². The van der Waals surface area contributed by atoms with E-state index in [0.29, 0.717) is 29.6 Å². The molecule has 0 bridgehead atoms. The quantitative estimate of drug-likeness (QED) is 0.759. The van der Waals surface area contributed by atoms with Crippen LogP contribution in [0.5, 0.6) is 0 Å². The normalized spacial score (nSPS) is 21.2. The summed E-state index contributed by atoms with van der Waals surface area (Å²) in [6.07, 6.45) is 1.55. The van der Waals surface area contributed by atoms with Gasteiger partial charge >= 0.3 is 0 Å². The Hall–Kier alpha value is -2.32. The Morgan fingerprint density at radius 1 is 1.13 bits per heavy atom. The van der Waals surface area contributed by atoms with Crippen LogP contribution in [0.2, 0.25) is 0 Å². The Bertz CT molecular complexity index is 976. The van der Waals surface area contributed by atoms with Crippen LogP contribution in [0.3, 0.4) is 0 Å². The number of thioether (sulfide) groups is 1. The highest BCUT2D eigenvalue weighted by Crippen LogP contribution is 2.28. The molecule has 2 aromatic rings. The maximum absolute atomic E-state index is 13.3. The van der Waals surface area contributed by atoms with Crippen LogP contribution in [0.4, 0.5) is 5.69 Å². The molecular weight excluding hydrogens is 430 g/mol. The highest BCUT2D eigenvalue weighted by Gasteiger charge is 2.39. The molecule has 0 spiro atoms. The first-order valence-corrected chi connectivity index (χ1v) is 12.6. The van der Waals surface area contributed by atoms with Gasteiger partial charge in [0, 0.05) is 24.5 Å². The van der Waals surface area contributed by atoms with Crippen LogP contribution in [0.25, 0.3) is 0 Å². The average molecular weight is 458 g/mol. The zero-order valence-corrected chi connectivity index (χ0v) is 19.4. The monoisotopic (exact) mass is 457 g/mol. The molecule has 0 radical (unpaired) electrons. The number of carbonyl (C=O) groups is 3. The lowest BCUT2D eigenvalue weighted by Gasteiger charge is -2.35. The molecule has 2 unspecified atom stereocenters. The molecule has 31 heavy (non-hydrogen) atoms. The second kappa shape index (κ2) is 9.44. The minimum absolute atomic E-state index is 0.00710. The molecule has 1 aromatic heterocycles. The molecule has 4 rings (SSSR count). The third-order valence-electron chi connectivity index (χ3n) is 6.03. The van der Waals surface area contributed by atoms with Crippen molar-refractivity contribution in [2.45, 2.75) is 32.7 Å². The van der Waals surface area contributed by atoms with Gasteiger partial charge in [-0.3, -0.25) is 14.4 Å². The Morgan fingerprint density at radius 3 is 2.71 bits per heavy atom. The van der Waals surface area contributed by atoms with E-state index in [-0.39, 0.29) is 23.6 Å². The minimum Gasteiger partial charge on any atom is -0.337 e. The van der Waals surface area contributed by atoms with Gasteiger partial charge in [0.25, 0.3) is 5.91 Å². The molecule has 2 aliphatic rings. The van der Waals surface area contributed by atoms with Crippen molar-refractivity contribution >= 4 is 46.5 Å². The molecule has 8 heteroatoms. The van der Waals surface area contributed by atoms with E-state index in [4.69, 9.17) is 0 Å². The SMILES string of the molecule is Cc1ccc(NC(=O)C2CSCN2C(=O)C2CCCN(C(=O)c3cccs3)C2)cc1C. The molecule has 0 saturated carbocycles. The number of carbonyl (C=O) groups excluding carboxylic acids is 3. The third kappa shape index (κ3) is 4.80. The van der Waals surface area contributed by atoms with Crippen LogP contribution >= 0.6 is 23.1 Å². The van der Waals surface area contributed by atoms with E-state index < -0.39 is 6.04 Å². The summed E-state index contributed by atoms with van der Waals surface area (Å²) in [4.78, 5) is 43.2. The lowest BCUT2D eigenvalue weighted by Crippen LogP contribution is -2.50. The molecule has 0 aliphatic carbocycles. The van der Waals surface area contributed by atoms with Crippen molar-refractivity contribution in [3.8, 4) is 0 Å². The molecule has 2 atom stereocenters. The van der Waals surface area contributed by atoms with E-state index >= 15 is 0 Å². The number of piperidine rings is 1. The van der Waals surface area contributed by atoms with E-state index in [2.05, 4.69) is 5.32 Å². The Labute approximate surface area is 191 Å². The summed E-state index contributed by atoms with van der Waals surface area (Å²) in [6.45, 7) is 5.14. The zero-order chi connectivity index (χ0) is 22.0. The zero-order valence-electron chi connectivity index (χ0n) is 17.8. The maximum Gasteiger partial charge on any atom is 0.263 e. The van der Waals surface area contributed by atoms with Crippen molar-refractivity contribution in [3.05, 3.63) is 51.7 Å².